The fourth-order valence-electron chi connectivity index (χ4n) is 3.60. The summed E-state index contributed by atoms with van der Waals surface area (Å²) < 4.78 is 0. The average molecular weight is 274 g/mol. The lowest BCUT2D eigenvalue weighted by Gasteiger charge is -2.22. The van der Waals surface area contributed by atoms with Crippen molar-refractivity contribution in [1.82, 2.24) is 4.98 Å². The highest BCUT2D eigenvalue weighted by Crippen LogP contribution is 2.41. The van der Waals surface area contributed by atoms with Gasteiger partial charge in [-0.1, -0.05) is 42.5 Å². The molecule has 2 atom stereocenters. The van der Waals surface area contributed by atoms with Crippen molar-refractivity contribution in [3.8, 4) is 0 Å². The molecule has 0 saturated heterocycles. The number of benzene rings is 2. The first-order valence-corrected chi connectivity index (χ1v) is 7.51. The van der Waals surface area contributed by atoms with Crippen LogP contribution in [0.4, 0.5) is 0 Å². The highest BCUT2D eigenvalue weighted by Gasteiger charge is 2.28. The van der Waals surface area contributed by atoms with E-state index in [4.69, 9.17) is 5.73 Å². The van der Waals surface area contributed by atoms with E-state index in [1.165, 1.54) is 22.1 Å². The molecule has 0 amide bonds. The fourth-order valence-corrected chi connectivity index (χ4v) is 3.60. The van der Waals surface area contributed by atoms with E-state index in [1.54, 1.807) is 0 Å². The van der Waals surface area contributed by atoms with E-state index in [0.29, 0.717) is 5.92 Å². The molecule has 2 N–H and O–H groups in total. The summed E-state index contributed by atoms with van der Waals surface area (Å²) in [4.78, 5) is 4.44. The van der Waals surface area contributed by atoms with E-state index in [9.17, 15) is 0 Å². The second-order valence-electron chi connectivity index (χ2n) is 5.79. The SMILES string of the molecule is NC(c1cccc2ncccc12)C1CCc2ccccc21. The molecule has 21 heavy (non-hydrogen) atoms. The quantitative estimate of drug-likeness (QED) is 0.768. The van der Waals surface area contributed by atoms with Crippen LogP contribution in [0.1, 0.15) is 35.1 Å². The van der Waals surface area contributed by atoms with Crippen LogP contribution in [0.15, 0.2) is 60.8 Å². The molecule has 1 aliphatic carbocycles. The lowest BCUT2D eigenvalue weighted by atomic mass is 9.87. The molecule has 2 unspecified atom stereocenters. The van der Waals surface area contributed by atoms with Gasteiger partial charge in [0.2, 0.25) is 0 Å². The van der Waals surface area contributed by atoms with Crippen LogP contribution in [-0.2, 0) is 6.42 Å². The molecule has 0 fully saturated rings. The van der Waals surface area contributed by atoms with Gasteiger partial charge < -0.3 is 5.73 Å². The highest BCUT2D eigenvalue weighted by molar-refractivity contribution is 5.82. The Morgan fingerprint density at radius 3 is 2.86 bits per heavy atom. The van der Waals surface area contributed by atoms with E-state index in [-0.39, 0.29) is 6.04 Å². The van der Waals surface area contributed by atoms with Crippen molar-refractivity contribution in [1.29, 1.82) is 0 Å². The van der Waals surface area contributed by atoms with Crippen LogP contribution in [0, 0.1) is 0 Å². The second-order valence-corrected chi connectivity index (χ2v) is 5.79. The van der Waals surface area contributed by atoms with Crippen LogP contribution in [-0.4, -0.2) is 4.98 Å². The van der Waals surface area contributed by atoms with Gasteiger partial charge >= 0.3 is 0 Å². The first-order chi connectivity index (χ1) is 10.3. The smallest absolute Gasteiger partial charge is 0.0705 e. The molecule has 2 heteroatoms. The number of aryl methyl sites for hydroxylation is 1. The van der Waals surface area contributed by atoms with Crippen LogP contribution < -0.4 is 5.73 Å². The maximum atomic E-state index is 6.65. The highest BCUT2D eigenvalue weighted by atomic mass is 14.7. The minimum absolute atomic E-state index is 0.0292. The Kier molecular flexibility index (Phi) is 2.97. The van der Waals surface area contributed by atoms with E-state index >= 15 is 0 Å². The molecular weight excluding hydrogens is 256 g/mol. The third kappa shape index (κ3) is 2.03. The predicted molar refractivity (Wildman–Crippen MR) is 86.2 cm³/mol. The van der Waals surface area contributed by atoms with E-state index in [2.05, 4.69) is 47.4 Å². The van der Waals surface area contributed by atoms with Crippen LogP contribution in [0.3, 0.4) is 0 Å². The normalized spacial score (nSPS) is 18.6. The van der Waals surface area contributed by atoms with Crippen LogP contribution in [0.5, 0.6) is 0 Å². The Bertz CT molecular complexity index is 789. The van der Waals surface area contributed by atoms with E-state index in [0.717, 1.165) is 18.4 Å². The summed E-state index contributed by atoms with van der Waals surface area (Å²) in [7, 11) is 0. The molecule has 3 aromatic rings. The third-order valence-corrected chi connectivity index (χ3v) is 4.65. The van der Waals surface area contributed by atoms with Crippen LogP contribution in [0.25, 0.3) is 10.9 Å². The third-order valence-electron chi connectivity index (χ3n) is 4.65. The summed E-state index contributed by atoms with van der Waals surface area (Å²) >= 11 is 0. The predicted octanol–water partition coefficient (Wildman–Crippen LogP) is 3.96. The average Bonchev–Trinajstić information content (AvgIpc) is 2.98. The molecule has 0 spiro atoms. The van der Waals surface area contributed by atoms with Gasteiger partial charge in [0.15, 0.2) is 0 Å². The number of rotatable bonds is 2. The summed E-state index contributed by atoms with van der Waals surface area (Å²) in [6.07, 6.45) is 4.11. The molecule has 104 valence electrons. The Labute approximate surface area is 124 Å². The second kappa shape index (κ2) is 4.97. The molecule has 0 saturated carbocycles. The Hall–Kier alpha value is -2.19. The van der Waals surface area contributed by atoms with Gasteiger partial charge in [-0.3, -0.25) is 4.98 Å². The molecule has 0 radical (unpaired) electrons. The zero-order valence-corrected chi connectivity index (χ0v) is 11.9. The molecule has 1 heterocycles. The Balaban J connectivity index is 1.80. The molecule has 0 bridgehead atoms. The fraction of sp³-hybridized carbons (Fsp3) is 0.211. The monoisotopic (exact) mass is 274 g/mol. The first kappa shape index (κ1) is 12.5. The van der Waals surface area contributed by atoms with E-state index in [1.807, 2.05) is 18.3 Å². The largest absolute Gasteiger partial charge is 0.323 e. The van der Waals surface area contributed by atoms with Gasteiger partial charge in [0.05, 0.1) is 5.52 Å². The summed E-state index contributed by atoms with van der Waals surface area (Å²) in [6, 6.07) is 19.1. The standard InChI is InChI=1S/C19H18N2/c20-19(17-11-10-13-5-1-2-6-14(13)17)16-7-3-9-18-15(16)8-4-12-21-18/h1-9,12,17,19H,10-11,20H2. The molecule has 4 rings (SSSR count). The number of nitrogens with zero attached hydrogens (tertiary/aromatic N) is 1. The van der Waals surface area contributed by atoms with Crippen LogP contribution in [0.2, 0.25) is 0 Å². The van der Waals surface area contributed by atoms with Crippen LogP contribution >= 0.6 is 0 Å². The number of aromatic nitrogens is 1. The topological polar surface area (TPSA) is 38.9 Å². The Morgan fingerprint density at radius 2 is 1.90 bits per heavy atom. The van der Waals surface area contributed by atoms with Gasteiger partial charge in [-0.05, 0) is 41.7 Å². The minimum Gasteiger partial charge on any atom is -0.323 e. The maximum Gasteiger partial charge on any atom is 0.0705 e. The van der Waals surface area contributed by atoms with Crippen molar-refractivity contribution in [2.45, 2.75) is 24.8 Å². The van der Waals surface area contributed by atoms with Crippen molar-refractivity contribution in [3.05, 3.63) is 77.5 Å². The van der Waals surface area contributed by atoms with Gasteiger partial charge in [-0.15, -0.1) is 0 Å². The van der Waals surface area contributed by atoms with Crippen molar-refractivity contribution in [2.24, 2.45) is 5.73 Å². The van der Waals surface area contributed by atoms with Crippen molar-refractivity contribution in [2.75, 3.05) is 0 Å². The molecule has 0 aliphatic heterocycles. The summed E-state index contributed by atoms with van der Waals surface area (Å²) in [5.74, 6) is 0.409. The van der Waals surface area contributed by atoms with Crippen molar-refractivity contribution >= 4 is 10.9 Å². The van der Waals surface area contributed by atoms with Gasteiger partial charge in [0.1, 0.15) is 0 Å². The Morgan fingerprint density at radius 1 is 1.00 bits per heavy atom. The number of hydrogen-bond donors (Lipinski definition) is 1. The number of fused-ring (bicyclic) bond motifs is 2. The van der Waals surface area contributed by atoms with E-state index < -0.39 is 0 Å². The van der Waals surface area contributed by atoms with Gasteiger partial charge in [0, 0.05) is 23.5 Å². The summed E-state index contributed by atoms with van der Waals surface area (Å²) in [5.41, 5.74) is 11.8. The number of pyridine rings is 1. The zero-order chi connectivity index (χ0) is 14.2. The number of nitrogens with two attached hydrogens (primary N) is 1. The van der Waals surface area contributed by atoms with Gasteiger partial charge in [0.25, 0.3) is 0 Å². The van der Waals surface area contributed by atoms with Gasteiger partial charge in [-0.2, -0.15) is 0 Å². The van der Waals surface area contributed by atoms with Gasteiger partial charge in [-0.25, -0.2) is 0 Å². The summed E-state index contributed by atoms with van der Waals surface area (Å²) in [6.45, 7) is 0. The molecule has 2 nitrogen and oxygen atoms in total. The molecule has 2 aromatic carbocycles. The minimum atomic E-state index is 0.0292. The maximum absolute atomic E-state index is 6.65. The lowest BCUT2D eigenvalue weighted by Crippen LogP contribution is -2.18. The zero-order valence-electron chi connectivity index (χ0n) is 11.9. The number of hydrogen-bond acceptors (Lipinski definition) is 2. The first-order valence-electron chi connectivity index (χ1n) is 7.51. The molecular formula is C19H18N2. The summed E-state index contributed by atoms with van der Waals surface area (Å²) in [5, 5.41) is 1.18. The molecule has 1 aliphatic rings. The molecule has 1 aromatic heterocycles. The van der Waals surface area contributed by atoms with Crippen molar-refractivity contribution < 1.29 is 0 Å². The lowest BCUT2D eigenvalue weighted by molar-refractivity contribution is 0.554. The van der Waals surface area contributed by atoms with Crippen molar-refractivity contribution in [3.63, 3.8) is 0 Å².